The molecule has 1 rings (SSSR count). The fourth-order valence-electron chi connectivity index (χ4n) is 0.312. The Morgan fingerprint density at radius 3 is 2.71 bits per heavy atom. The molecule has 0 unspecified atom stereocenters. The Kier molecular flexibility index (Phi) is 1.02. The Bertz CT molecular complexity index is 142. The van der Waals surface area contributed by atoms with Crippen LogP contribution in [0.2, 0.25) is 0 Å². The molecule has 3 nitrogen and oxygen atoms in total. The van der Waals surface area contributed by atoms with Gasteiger partial charge in [-0.25, -0.2) is 0 Å². The highest BCUT2D eigenvalue weighted by Gasteiger charge is 1.87. The zero-order chi connectivity index (χ0) is 5.28. The topological polar surface area (TPSA) is 54.7 Å². The SMILES string of the molecule is Nc1cc(Br)[nH]n1. The Hall–Kier alpha value is -0.510. The highest BCUT2D eigenvalue weighted by molar-refractivity contribution is 9.10. The lowest BCUT2D eigenvalue weighted by molar-refractivity contribution is 1.08. The molecule has 0 saturated carbocycles. The quantitative estimate of drug-likeness (QED) is 0.591. The molecule has 0 atom stereocenters. The van der Waals surface area contributed by atoms with Crippen LogP contribution in [-0.2, 0) is 0 Å². The van der Waals surface area contributed by atoms with Gasteiger partial charge in [0.2, 0.25) is 0 Å². The van der Waals surface area contributed by atoms with Crippen LogP contribution in [0.25, 0.3) is 0 Å². The van der Waals surface area contributed by atoms with Crippen LogP contribution in [0.1, 0.15) is 0 Å². The lowest BCUT2D eigenvalue weighted by Crippen LogP contribution is -1.81. The third kappa shape index (κ3) is 0.928. The number of nitrogens with two attached hydrogens (primary N) is 1. The Morgan fingerprint density at radius 1 is 1.86 bits per heavy atom. The van der Waals surface area contributed by atoms with Gasteiger partial charge in [0.05, 0.1) is 0 Å². The van der Waals surface area contributed by atoms with E-state index in [1.54, 1.807) is 6.07 Å². The van der Waals surface area contributed by atoms with E-state index < -0.39 is 0 Å². The van der Waals surface area contributed by atoms with Crippen molar-refractivity contribution in [3.8, 4) is 0 Å². The first-order valence-electron chi connectivity index (χ1n) is 1.75. The number of nitrogen functional groups attached to an aromatic ring is 1. The maximum atomic E-state index is 5.21. The van der Waals surface area contributed by atoms with E-state index in [0.29, 0.717) is 5.82 Å². The normalized spacial score (nSPS) is 9.29. The van der Waals surface area contributed by atoms with Crippen LogP contribution in [0, 0.1) is 0 Å². The van der Waals surface area contributed by atoms with Crippen molar-refractivity contribution in [2.75, 3.05) is 5.73 Å². The van der Waals surface area contributed by atoms with Gasteiger partial charge in [0.25, 0.3) is 0 Å². The van der Waals surface area contributed by atoms with Gasteiger partial charge in [0.1, 0.15) is 10.4 Å². The molecule has 0 aliphatic carbocycles. The Labute approximate surface area is 49.0 Å². The zero-order valence-electron chi connectivity index (χ0n) is 3.48. The van der Waals surface area contributed by atoms with Gasteiger partial charge in [-0.15, -0.1) is 0 Å². The van der Waals surface area contributed by atoms with E-state index in [0.717, 1.165) is 4.60 Å². The van der Waals surface area contributed by atoms with Crippen molar-refractivity contribution in [2.24, 2.45) is 0 Å². The minimum atomic E-state index is 0.506. The third-order valence-corrected chi connectivity index (χ3v) is 0.973. The van der Waals surface area contributed by atoms with Gasteiger partial charge in [-0.2, -0.15) is 5.10 Å². The van der Waals surface area contributed by atoms with Crippen LogP contribution < -0.4 is 5.73 Å². The molecule has 0 fully saturated rings. The second-order valence-electron chi connectivity index (χ2n) is 1.14. The molecule has 0 bridgehead atoms. The summed E-state index contributed by atoms with van der Waals surface area (Å²) >= 11 is 3.13. The summed E-state index contributed by atoms with van der Waals surface area (Å²) in [4.78, 5) is 0. The third-order valence-electron chi connectivity index (χ3n) is 0.566. The second kappa shape index (κ2) is 1.54. The van der Waals surface area contributed by atoms with Crippen LogP contribution in [0.15, 0.2) is 10.7 Å². The first kappa shape index (κ1) is 4.64. The molecule has 1 heterocycles. The predicted molar refractivity (Wildman–Crippen MR) is 30.7 cm³/mol. The van der Waals surface area contributed by atoms with Crippen LogP contribution >= 0.6 is 15.9 Å². The minimum absolute atomic E-state index is 0.506. The van der Waals surface area contributed by atoms with Crippen LogP contribution in [0.5, 0.6) is 0 Å². The summed E-state index contributed by atoms with van der Waals surface area (Å²) in [5.41, 5.74) is 5.21. The summed E-state index contributed by atoms with van der Waals surface area (Å²) in [7, 11) is 0. The van der Waals surface area contributed by atoms with Crippen molar-refractivity contribution in [3.63, 3.8) is 0 Å². The van der Waals surface area contributed by atoms with Crippen molar-refractivity contribution >= 4 is 21.7 Å². The predicted octanol–water partition coefficient (Wildman–Crippen LogP) is 0.754. The number of hydrogen-bond donors (Lipinski definition) is 2. The summed E-state index contributed by atoms with van der Waals surface area (Å²) in [6, 6.07) is 1.69. The summed E-state index contributed by atoms with van der Waals surface area (Å²) in [5.74, 6) is 0.506. The fourth-order valence-corrected chi connectivity index (χ4v) is 0.636. The highest BCUT2D eigenvalue weighted by atomic mass is 79.9. The van der Waals surface area contributed by atoms with Crippen molar-refractivity contribution in [1.82, 2.24) is 10.2 Å². The molecule has 3 N–H and O–H groups in total. The monoisotopic (exact) mass is 161 g/mol. The van der Waals surface area contributed by atoms with E-state index in [-0.39, 0.29) is 0 Å². The van der Waals surface area contributed by atoms with Crippen LogP contribution in [-0.4, -0.2) is 10.2 Å². The molecule has 1 aromatic heterocycles. The zero-order valence-corrected chi connectivity index (χ0v) is 5.07. The summed E-state index contributed by atoms with van der Waals surface area (Å²) in [5, 5.41) is 6.23. The van der Waals surface area contributed by atoms with Gasteiger partial charge < -0.3 is 5.73 Å². The molecule has 0 saturated heterocycles. The largest absolute Gasteiger partial charge is 0.382 e. The number of rotatable bonds is 0. The number of hydrogen-bond acceptors (Lipinski definition) is 2. The minimum Gasteiger partial charge on any atom is -0.382 e. The number of H-pyrrole nitrogens is 1. The Morgan fingerprint density at radius 2 is 2.57 bits per heavy atom. The van der Waals surface area contributed by atoms with E-state index >= 15 is 0 Å². The van der Waals surface area contributed by atoms with E-state index in [9.17, 15) is 0 Å². The molecule has 0 amide bonds. The van der Waals surface area contributed by atoms with Crippen molar-refractivity contribution in [3.05, 3.63) is 10.7 Å². The fraction of sp³-hybridized carbons (Fsp3) is 0. The average molecular weight is 162 g/mol. The molecule has 4 heteroatoms. The van der Waals surface area contributed by atoms with Gasteiger partial charge in [0, 0.05) is 6.07 Å². The van der Waals surface area contributed by atoms with E-state index in [1.165, 1.54) is 0 Å². The number of aromatic nitrogens is 2. The van der Waals surface area contributed by atoms with Gasteiger partial charge >= 0.3 is 0 Å². The Balaban J connectivity index is 3.04. The molecule has 38 valence electrons. The maximum Gasteiger partial charge on any atom is 0.146 e. The van der Waals surface area contributed by atoms with Gasteiger partial charge in [-0.1, -0.05) is 0 Å². The molecular weight excluding hydrogens is 158 g/mol. The highest BCUT2D eigenvalue weighted by Crippen LogP contribution is 2.06. The number of anilines is 1. The molecule has 0 radical (unpaired) electrons. The molecule has 0 aromatic carbocycles. The standard InChI is InChI=1S/C3H4BrN3/c4-2-1-3(5)7-6-2/h1H,(H3,5,6,7). The molecule has 0 aliphatic heterocycles. The first-order chi connectivity index (χ1) is 3.29. The molecular formula is C3H4BrN3. The first-order valence-corrected chi connectivity index (χ1v) is 2.55. The van der Waals surface area contributed by atoms with Gasteiger partial charge in [-0.3, -0.25) is 5.10 Å². The van der Waals surface area contributed by atoms with Crippen LogP contribution in [0.3, 0.4) is 0 Å². The second-order valence-corrected chi connectivity index (χ2v) is 2.00. The number of halogens is 1. The number of nitrogens with zero attached hydrogens (tertiary/aromatic N) is 1. The van der Waals surface area contributed by atoms with Crippen molar-refractivity contribution in [2.45, 2.75) is 0 Å². The molecule has 0 spiro atoms. The van der Waals surface area contributed by atoms with Crippen LogP contribution in [0.4, 0.5) is 5.82 Å². The summed E-state index contributed by atoms with van der Waals surface area (Å²) < 4.78 is 0.810. The van der Waals surface area contributed by atoms with Crippen molar-refractivity contribution < 1.29 is 0 Å². The summed E-state index contributed by atoms with van der Waals surface area (Å²) in [6.07, 6.45) is 0. The number of nitrogens with one attached hydrogen (secondary N) is 1. The molecule has 7 heavy (non-hydrogen) atoms. The van der Waals surface area contributed by atoms with Crippen molar-refractivity contribution in [1.29, 1.82) is 0 Å². The van der Waals surface area contributed by atoms with E-state index in [4.69, 9.17) is 5.73 Å². The number of aromatic amines is 1. The lowest BCUT2D eigenvalue weighted by atomic mass is 10.7. The van der Waals surface area contributed by atoms with Gasteiger partial charge in [0.15, 0.2) is 0 Å². The van der Waals surface area contributed by atoms with Gasteiger partial charge in [-0.05, 0) is 15.9 Å². The molecule has 0 aliphatic rings. The maximum absolute atomic E-state index is 5.21. The van der Waals surface area contributed by atoms with E-state index in [2.05, 4.69) is 26.1 Å². The average Bonchev–Trinajstić information content (AvgIpc) is 1.87. The molecule has 1 aromatic rings. The van der Waals surface area contributed by atoms with E-state index in [1.807, 2.05) is 0 Å². The lowest BCUT2D eigenvalue weighted by Gasteiger charge is -1.67. The summed E-state index contributed by atoms with van der Waals surface area (Å²) in [6.45, 7) is 0. The smallest absolute Gasteiger partial charge is 0.146 e.